The zero-order valence-corrected chi connectivity index (χ0v) is 6.30. The van der Waals surface area contributed by atoms with E-state index in [4.69, 9.17) is 0 Å². The Balaban J connectivity index is 2.43. The number of benzene rings is 1. The van der Waals surface area contributed by atoms with Crippen molar-refractivity contribution in [3.63, 3.8) is 0 Å². The van der Waals surface area contributed by atoms with Crippen molar-refractivity contribution in [2.45, 2.75) is 6.29 Å². The Morgan fingerprint density at radius 2 is 1.83 bits per heavy atom. The number of ether oxygens (including phenoxy) is 2. The third-order valence-corrected chi connectivity index (χ3v) is 1.56. The molecule has 1 aromatic carbocycles. The van der Waals surface area contributed by atoms with Crippen molar-refractivity contribution < 1.29 is 18.3 Å². The van der Waals surface area contributed by atoms with Crippen LogP contribution in [0.2, 0.25) is 0 Å². The quantitative estimate of drug-likeness (QED) is 0.528. The molecule has 1 aromatic rings. The van der Waals surface area contributed by atoms with Gasteiger partial charge in [-0.2, -0.15) is 0 Å². The summed E-state index contributed by atoms with van der Waals surface area (Å²) >= 11 is 1.79. The van der Waals surface area contributed by atoms with Crippen molar-refractivity contribution in [1.29, 1.82) is 0 Å². The van der Waals surface area contributed by atoms with Crippen LogP contribution >= 0.6 is 0 Å². The van der Waals surface area contributed by atoms with Crippen LogP contribution in [-0.2, 0) is 0 Å². The summed E-state index contributed by atoms with van der Waals surface area (Å²) in [7, 11) is 0. The van der Waals surface area contributed by atoms with Gasteiger partial charge in [0.2, 0.25) is 0 Å². The fourth-order valence-corrected chi connectivity index (χ4v) is 1.06. The standard InChI is InChI=1S/C7H3F2O2.Li/c8-7(9)10-5-3-1-2-4-6(5)11-7;/h1,3-4H;. The summed E-state index contributed by atoms with van der Waals surface area (Å²) in [6.07, 6.45) is -3.50. The molecule has 0 saturated heterocycles. The Hall–Kier alpha value is -0.723. The van der Waals surface area contributed by atoms with Gasteiger partial charge in [0, 0.05) is 0 Å². The zero-order chi connectivity index (χ0) is 8.77. The number of fused-ring (bicyclic) bond motifs is 1. The predicted molar refractivity (Wildman–Crippen MR) is 38.0 cm³/mol. The van der Waals surface area contributed by atoms with Crippen LogP contribution in [0, 0.1) is 0 Å². The topological polar surface area (TPSA) is 18.5 Å². The van der Waals surface area contributed by atoms with Gasteiger partial charge in [-0.3, -0.25) is 0 Å². The molecule has 58 valence electrons. The summed E-state index contributed by atoms with van der Waals surface area (Å²) < 4.78 is 34.1. The maximum atomic E-state index is 12.4. The molecule has 2 rings (SSSR count). The van der Waals surface area contributed by atoms with E-state index in [1.54, 1.807) is 23.8 Å². The van der Waals surface area contributed by atoms with Gasteiger partial charge in [-0.1, -0.05) is 0 Å². The van der Waals surface area contributed by atoms with E-state index in [-0.39, 0.29) is 11.5 Å². The van der Waals surface area contributed by atoms with E-state index in [1.807, 2.05) is 0 Å². The number of hydrogen-bond acceptors (Lipinski definition) is 2. The monoisotopic (exact) mass is 164 g/mol. The molecular weight excluding hydrogens is 161 g/mol. The van der Waals surface area contributed by atoms with Crippen LogP contribution in [0.1, 0.15) is 0 Å². The van der Waals surface area contributed by atoms with Crippen molar-refractivity contribution in [2.24, 2.45) is 0 Å². The Kier molecular flexibility index (Phi) is 1.57. The molecule has 0 N–H and O–H groups in total. The molecule has 0 atom stereocenters. The minimum atomic E-state index is -3.50. The molecule has 0 radical (unpaired) electrons. The molecule has 0 amide bonds. The van der Waals surface area contributed by atoms with Gasteiger partial charge in [-0.15, -0.1) is 0 Å². The van der Waals surface area contributed by atoms with Crippen LogP contribution in [0.4, 0.5) is 8.78 Å². The number of hydrogen-bond donors (Lipinski definition) is 0. The summed E-state index contributed by atoms with van der Waals surface area (Å²) in [4.78, 5) is 0. The summed E-state index contributed by atoms with van der Waals surface area (Å²) in [6.45, 7) is 0. The molecule has 0 aromatic heterocycles. The average Bonchev–Trinajstić information content (AvgIpc) is 2.21. The first-order valence-electron chi connectivity index (χ1n) is 3.43. The van der Waals surface area contributed by atoms with Gasteiger partial charge in [0.05, 0.1) is 0 Å². The molecule has 0 aliphatic carbocycles. The molecule has 1 heterocycles. The summed E-state index contributed by atoms with van der Waals surface area (Å²) in [5.41, 5.74) is 0. The normalized spacial score (nSPS) is 18.0. The fraction of sp³-hybridized carbons (Fsp3) is 0.143. The first-order valence-corrected chi connectivity index (χ1v) is 3.43. The van der Waals surface area contributed by atoms with Gasteiger partial charge in [0.1, 0.15) is 0 Å². The third-order valence-electron chi connectivity index (χ3n) is 1.56. The van der Waals surface area contributed by atoms with Crippen LogP contribution in [-0.4, -0.2) is 24.0 Å². The zero-order valence-electron chi connectivity index (χ0n) is 6.30. The van der Waals surface area contributed by atoms with E-state index in [9.17, 15) is 8.78 Å². The first kappa shape index (κ1) is 7.90. The number of halogens is 2. The Labute approximate surface area is 76.7 Å². The molecule has 0 saturated carbocycles. The second kappa shape index (κ2) is 2.38. The van der Waals surface area contributed by atoms with Gasteiger partial charge in [0.15, 0.2) is 0 Å². The van der Waals surface area contributed by atoms with Crippen molar-refractivity contribution in [1.82, 2.24) is 0 Å². The molecule has 0 unspecified atom stereocenters. The molecule has 2 nitrogen and oxygen atoms in total. The van der Waals surface area contributed by atoms with Gasteiger partial charge < -0.3 is 0 Å². The van der Waals surface area contributed by atoms with Crippen LogP contribution in [0.5, 0.6) is 11.5 Å². The van der Waals surface area contributed by atoms with E-state index in [2.05, 4.69) is 9.47 Å². The number of alkyl halides is 2. The second-order valence-corrected chi connectivity index (χ2v) is 2.62. The van der Waals surface area contributed by atoms with Crippen molar-refractivity contribution >= 4 is 22.0 Å². The van der Waals surface area contributed by atoms with Crippen molar-refractivity contribution in [2.75, 3.05) is 0 Å². The summed E-state index contributed by atoms with van der Waals surface area (Å²) in [5, 5.41) is 0. The molecule has 1 aliphatic rings. The second-order valence-electron chi connectivity index (χ2n) is 2.62. The molecule has 5 heteroatoms. The summed E-state index contributed by atoms with van der Waals surface area (Å²) in [5.74, 6) is 0.186. The van der Waals surface area contributed by atoms with E-state index in [0.29, 0.717) is 0 Å². The molecule has 0 fully saturated rings. The van der Waals surface area contributed by atoms with Crippen molar-refractivity contribution in [3.8, 4) is 11.5 Å². The Morgan fingerprint density at radius 1 is 1.17 bits per heavy atom. The van der Waals surface area contributed by atoms with E-state index in [1.165, 1.54) is 12.1 Å². The van der Waals surface area contributed by atoms with Gasteiger partial charge in [0.25, 0.3) is 0 Å². The van der Waals surface area contributed by atoms with Crippen LogP contribution in [0.3, 0.4) is 0 Å². The predicted octanol–water partition coefficient (Wildman–Crippen LogP) is 0.802. The minimum absolute atomic E-state index is 0.0885. The van der Waals surface area contributed by atoms with Crippen LogP contribution in [0.25, 0.3) is 0 Å². The SMILES string of the molecule is [Li][c]1ccc2c(c1)OC(F)(F)O2. The molecular formula is C7H3F2LiO2. The first-order chi connectivity index (χ1) is 5.57. The Bertz CT molecular complexity index is 327. The van der Waals surface area contributed by atoms with Crippen LogP contribution < -0.4 is 13.7 Å². The Morgan fingerprint density at radius 3 is 2.58 bits per heavy atom. The number of rotatable bonds is 0. The van der Waals surface area contributed by atoms with E-state index in [0.717, 1.165) is 4.24 Å². The average molecular weight is 164 g/mol. The van der Waals surface area contributed by atoms with Crippen LogP contribution in [0.15, 0.2) is 18.2 Å². The molecule has 12 heavy (non-hydrogen) atoms. The molecule has 1 aliphatic heterocycles. The van der Waals surface area contributed by atoms with Gasteiger partial charge in [-0.25, -0.2) is 0 Å². The third kappa shape index (κ3) is 1.28. The molecule has 0 spiro atoms. The van der Waals surface area contributed by atoms with Crippen molar-refractivity contribution in [3.05, 3.63) is 18.2 Å². The molecule has 0 bridgehead atoms. The van der Waals surface area contributed by atoms with Gasteiger partial charge in [-0.05, 0) is 0 Å². The van der Waals surface area contributed by atoms with Gasteiger partial charge >= 0.3 is 76.2 Å². The van der Waals surface area contributed by atoms with E-state index >= 15 is 0 Å². The maximum absolute atomic E-state index is 12.4. The van der Waals surface area contributed by atoms with E-state index < -0.39 is 6.29 Å². The fourth-order valence-electron chi connectivity index (χ4n) is 1.06. The summed E-state index contributed by atoms with van der Waals surface area (Å²) in [6, 6.07) is 4.66.